The average Bonchev–Trinajstić information content (AvgIpc) is 2.75. The highest BCUT2D eigenvalue weighted by Crippen LogP contribution is 2.30. The predicted octanol–water partition coefficient (Wildman–Crippen LogP) is 3.49. The number of ether oxygens (including phenoxy) is 1. The van der Waals surface area contributed by atoms with Gasteiger partial charge in [0.15, 0.2) is 0 Å². The Kier molecular flexibility index (Phi) is 9.31. The molecular formula is C26H37N3O5S. The molecule has 1 N–H and O–H groups in total. The van der Waals surface area contributed by atoms with Crippen molar-refractivity contribution in [2.45, 2.75) is 59.7 Å². The largest absolute Gasteiger partial charge is 0.492 e. The summed E-state index contributed by atoms with van der Waals surface area (Å²) in [7, 11) is -3.84. The monoisotopic (exact) mass is 503 g/mol. The fourth-order valence-electron chi connectivity index (χ4n) is 3.48. The number of anilines is 1. The van der Waals surface area contributed by atoms with Crippen LogP contribution in [0.15, 0.2) is 48.5 Å². The van der Waals surface area contributed by atoms with E-state index in [4.69, 9.17) is 4.74 Å². The second-order valence-electron chi connectivity index (χ2n) is 9.59. The fraction of sp³-hybridized carbons (Fsp3) is 0.462. The second-order valence-corrected chi connectivity index (χ2v) is 11.5. The van der Waals surface area contributed by atoms with E-state index < -0.39 is 34.1 Å². The van der Waals surface area contributed by atoms with Crippen molar-refractivity contribution in [1.29, 1.82) is 0 Å². The number of benzene rings is 2. The summed E-state index contributed by atoms with van der Waals surface area (Å²) in [5, 5.41) is 2.91. The molecule has 2 aromatic rings. The van der Waals surface area contributed by atoms with Crippen LogP contribution in [0.2, 0.25) is 0 Å². The van der Waals surface area contributed by atoms with Crippen LogP contribution in [0.5, 0.6) is 5.75 Å². The van der Waals surface area contributed by atoms with Crippen molar-refractivity contribution in [2.24, 2.45) is 0 Å². The first-order chi connectivity index (χ1) is 16.2. The number of carbonyl (C=O) groups is 2. The second kappa shape index (κ2) is 11.6. The lowest BCUT2D eigenvalue weighted by molar-refractivity contribution is -0.140. The van der Waals surface area contributed by atoms with E-state index in [1.807, 2.05) is 52.0 Å². The van der Waals surface area contributed by atoms with Gasteiger partial charge in [0.25, 0.3) is 0 Å². The van der Waals surface area contributed by atoms with Gasteiger partial charge < -0.3 is 15.0 Å². The maximum atomic E-state index is 13.6. The molecule has 0 aliphatic carbocycles. The third-order valence-electron chi connectivity index (χ3n) is 5.25. The summed E-state index contributed by atoms with van der Waals surface area (Å²) in [4.78, 5) is 28.0. The third kappa shape index (κ3) is 8.28. The van der Waals surface area contributed by atoms with E-state index in [0.717, 1.165) is 21.7 Å². The molecule has 0 heterocycles. The lowest BCUT2D eigenvalue weighted by Gasteiger charge is -2.33. The predicted molar refractivity (Wildman–Crippen MR) is 139 cm³/mol. The van der Waals surface area contributed by atoms with E-state index in [1.165, 1.54) is 4.90 Å². The zero-order chi connectivity index (χ0) is 26.4. The molecule has 0 radical (unpaired) electrons. The minimum absolute atomic E-state index is 0.155. The topological polar surface area (TPSA) is 96.0 Å². The zero-order valence-electron chi connectivity index (χ0n) is 21.7. The number of sulfonamides is 1. The summed E-state index contributed by atoms with van der Waals surface area (Å²) in [6.07, 6.45) is 1.04. The van der Waals surface area contributed by atoms with Gasteiger partial charge in [-0.1, -0.05) is 42.0 Å². The summed E-state index contributed by atoms with van der Waals surface area (Å²) in [5.41, 5.74) is 1.69. The Morgan fingerprint density at radius 3 is 2.20 bits per heavy atom. The molecule has 1 atom stereocenters. The Labute approximate surface area is 209 Å². The van der Waals surface area contributed by atoms with Crippen molar-refractivity contribution in [3.05, 3.63) is 59.7 Å². The average molecular weight is 504 g/mol. The number of aryl methyl sites for hydroxylation is 1. The molecule has 0 spiro atoms. The number of rotatable bonds is 10. The maximum Gasteiger partial charge on any atom is 0.244 e. The van der Waals surface area contributed by atoms with Crippen LogP contribution in [-0.4, -0.2) is 56.1 Å². The molecule has 0 saturated heterocycles. The molecule has 2 rings (SSSR count). The molecule has 0 fully saturated rings. The van der Waals surface area contributed by atoms with E-state index in [9.17, 15) is 18.0 Å². The molecule has 0 aliphatic heterocycles. The number of para-hydroxylation sites is 2. The molecule has 0 bridgehead atoms. The van der Waals surface area contributed by atoms with E-state index >= 15 is 0 Å². The van der Waals surface area contributed by atoms with Gasteiger partial charge in [-0.2, -0.15) is 0 Å². The molecule has 1 unspecified atom stereocenters. The quantitative estimate of drug-likeness (QED) is 0.535. The smallest absolute Gasteiger partial charge is 0.244 e. The summed E-state index contributed by atoms with van der Waals surface area (Å²) in [5.74, 6) is -0.464. The summed E-state index contributed by atoms with van der Waals surface area (Å²) >= 11 is 0. The van der Waals surface area contributed by atoms with Gasteiger partial charge in [-0.15, -0.1) is 0 Å². The highest BCUT2D eigenvalue weighted by Gasteiger charge is 2.32. The van der Waals surface area contributed by atoms with Gasteiger partial charge >= 0.3 is 0 Å². The molecule has 2 aromatic carbocycles. The van der Waals surface area contributed by atoms with Crippen molar-refractivity contribution in [2.75, 3.05) is 23.7 Å². The minimum Gasteiger partial charge on any atom is -0.492 e. The Bertz CT molecular complexity index is 1120. The number of amides is 2. The van der Waals surface area contributed by atoms with Gasteiger partial charge in [0.1, 0.15) is 18.3 Å². The Balaban J connectivity index is 2.44. The first kappa shape index (κ1) is 28.2. The summed E-state index contributed by atoms with van der Waals surface area (Å²) < 4.78 is 32.1. The third-order valence-corrected chi connectivity index (χ3v) is 6.38. The molecule has 2 amide bonds. The molecular weight excluding hydrogens is 466 g/mol. The molecule has 35 heavy (non-hydrogen) atoms. The summed E-state index contributed by atoms with van der Waals surface area (Å²) in [6, 6.07) is 13.5. The van der Waals surface area contributed by atoms with Gasteiger partial charge in [0.05, 0.1) is 18.6 Å². The highest BCUT2D eigenvalue weighted by atomic mass is 32.2. The standard InChI is InChI=1S/C26H37N3O5S/c1-8-34-23-12-10-9-11-22(23)29(35(7,32)33)18-24(30)28(17-21-15-13-19(2)14-16-21)20(3)25(31)27-26(4,5)6/h9-16,20H,8,17-18H2,1-7H3,(H,27,31). The van der Waals surface area contributed by atoms with Crippen molar-refractivity contribution >= 4 is 27.5 Å². The van der Waals surface area contributed by atoms with Gasteiger partial charge in [0, 0.05) is 12.1 Å². The van der Waals surface area contributed by atoms with Crippen LogP contribution in [0, 0.1) is 6.92 Å². The molecule has 0 saturated carbocycles. The van der Waals surface area contributed by atoms with Crippen LogP contribution in [0.25, 0.3) is 0 Å². The first-order valence-electron chi connectivity index (χ1n) is 11.6. The lowest BCUT2D eigenvalue weighted by atomic mass is 10.1. The normalized spacial score (nSPS) is 12.5. The van der Waals surface area contributed by atoms with Crippen molar-refractivity contribution < 1.29 is 22.7 Å². The Morgan fingerprint density at radius 2 is 1.66 bits per heavy atom. The van der Waals surface area contributed by atoms with Crippen LogP contribution in [0.3, 0.4) is 0 Å². The van der Waals surface area contributed by atoms with Gasteiger partial charge in [-0.3, -0.25) is 13.9 Å². The van der Waals surface area contributed by atoms with E-state index in [0.29, 0.717) is 12.4 Å². The molecule has 9 heteroatoms. The van der Waals surface area contributed by atoms with E-state index in [2.05, 4.69) is 5.32 Å². The van der Waals surface area contributed by atoms with Crippen LogP contribution >= 0.6 is 0 Å². The zero-order valence-corrected chi connectivity index (χ0v) is 22.5. The van der Waals surface area contributed by atoms with E-state index in [1.54, 1.807) is 38.1 Å². The molecule has 0 aliphatic rings. The number of nitrogens with zero attached hydrogens (tertiary/aromatic N) is 2. The molecule has 0 aromatic heterocycles. The fourth-order valence-corrected chi connectivity index (χ4v) is 4.34. The van der Waals surface area contributed by atoms with E-state index in [-0.39, 0.29) is 18.1 Å². The minimum atomic E-state index is -3.84. The van der Waals surface area contributed by atoms with Gasteiger partial charge in [-0.05, 0) is 59.2 Å². The number of carbonyl (C=O) groups excluding carboxylic acids is 2. The lowest BCUT2D eigenvalue weighted by Crippen LogP contribution is -2.54. The highest BCUT2D eigenvalue weighted by molar-refractivity contribution is 7.92. The van der Waals surface area contributed by atoms with Crippen molar-refractivity contribution in [3.63, 3.8) is 0 Å². The number of hydrogen-bond donors (Lipinski definition) is 1. The van der Waals surface area contributed by atoms with Crippen LogP contribution in [0.4, 0.5) is 5.69 Å². The van der Waals surface area contributed by atoms with Crippen LogP contribution in [0.1, 0.15) is 45.7 Å². The Hall–Kier alpha value is -3.07. The van der Waals surface area contributed by atoms with Crippen molar-refractivity contribution in [1.82, 2.24) is 10.2 Å². The first-order valence-corrected chi connectivity index (χ1v) is 13.4. The number of nitrogens with one attached hydrogen (secondary N) is 1. The molecule has 8 nitrogen and oxygen atoms in total. The van der Waals surface area contributed by atoms with Gasteiger partial charge in [-0.25, -0.2) is 8.42 Å². The summed E-state index contributed by atoms with van der Waals surface area (Å²) in [6.45, 7) is 11.0. The van der Waals surface area contributed by atoms with Crippen LogP contribution < -0.4 is 14.4 Å². The van der Waals surface area contributed by atoms with Gasteiger partial charge in [0.2, 0.25) is 21.8 Å². The Morgan fingerprint density at radius 1 is 1.06 bits per heavy atom. The van der Waals surface area contributed by atoms with Crippen molar-refractivity contribution in [3.8, 4) is 5.75 Å². The maximum absolute atomic E-state index is 13.6. The SMILES string of the molecule is CCOc1ccccc1N(CC(=O)N(Cc1ccc(C)cc1)C(C)C(=O)NC(C)(C)C)S(C)(=O)=O. The molecule has 192 valence electrons. The van der Waals surface area contributed by atoms with Crippen LogP contribution in [-0.2, 0) is 26.2 Å². The number of hydrogen-bond acceptors (Lipinski definition) is 5.